The van der Waals surface area contributed by atoms with Crippen LogP contribution in [0.25, 0.3) is 0 Å². The van der Waals surface area contributed by atoms with Crippen molar-refractivity contribution >= 4 is 5.97 Å². The summed E-state index contributed by atoms with van der Waals surface area (Å²) >= 11 is 0. The van der Waals surface area contributed by atoms with Crippen molar-refractivity contribution in [2.75, 3.05) is 6.61 Å². The molecular formula is C4H7O2Y-. The Morgan fingerprint density at radius 2 is 2.29 bits per heavy atom. The largest absolute Gasteiger partial charge is 0.489 e. The summed E-state index contributed by atoms with van der Waals surface area (Å²) in [4.78, 5) is 9.71. The second-order valence-corrected chi connectivity index (χ2v) is 0.805. The van der Waals surface area contributed by atoms with Crippen LogP contribution in [-0.2, 0) is 42.2 Å². The van der Waals surface area contributed by atoms with Gasteiger partial charge < -0.3 is 4.74 Å². The predicted molar refractivity (Wildman–Crippen MR) is 22.0 cm³/mol. The van der Waals surface area contributed by atoms with Gasteiger partial charge in [0.05, 0.1) is 6.61 Å². The Bertz CT molecular complexity index is 53.7. The molecule has 0 bridgehead atoms. The van der Waals surface area contributed by atoms with E-state index in [0.717, 1.165) is 0 Å². The molecule has 0 aromatic carbocycles. The summed E-state index contributed by atoms with van der Waals surface area (Å²) in [5.41, 5.74) is 0. The second kappa shape index (κ2) is 6.44. The van der Waals surface area contributed by atoms with Gasteiger partial charge in [-0.2, -0.15) is 0 Å². The molecule has 0 aliphatic rings. The predicted octanol–water partition coefficient (Wildman–Crippen LogP) is 0.381. The summed E-state index contributed by atoms with van der Waals surface area (Å²) < 4.78 is 4.29. The van der Waals surface area contributed by atoms with Crippen LogP contribution in [-0.4, -0.2) is 12.6 Å². The molecule has 39 valence electrons. The molecule has 0 N–H and O–H groups in total. The van der Waals surface area contributed by atoms with Crippen LogP contribution in [0.2, 0.25) is 0 Å². The van der Waals surface area contributed by atoms with Crippen molar-refractivity contribution < 1.29 is 42.2 Å². The van der Waals surface area contributed by atoms with E-state index in [0.29, 0.717) is 6.61 Å². The van der Waals surface area contributed by atoms with Gasteiger partial charge in [0, 0.05) is 32.7 Å². The average Bonchev–Trinajstić information content (AvgIpc) is 1.35. The second-order valence-electron chi connectivity index (χ2n) is 0.805. The number of hydrogen-bond donors (Lipinski definition) is 0. The molecule has 0 spiro atoms. The molecule has 0 aromatic rings. The number of carbonyl (C=O) groups excluding carboxylic acids is 1. The van der Waals surface area contributed by atoms with E-state index in [-0.39, 0.29) is 32.7 Å². The Balaban J connectivity index is 0. The maximum absolute atomic E-state index is 9.71. The fourth-order valence-corrected chi connectivity index (χ4v) is 0.161. The molecule has 0 unspecified atom stereocenters. The zero-order chi connectivity index (χ0) is 4.99. The van der Waals surface area contributed by atoms with Crippen LogP contribution in [0.4, 0.5) is 0 Å². The molecule has 7 heavy (non-hydrogen) atoms. The first-order valence-electron chi connectivity index (χ1n) is 1.76. The van der Waals surface area contributed by atoms with Crippen LogP contribution >= 0.6 is 0 Å². The Morgan fingerprint density at radius 3 is 2.29 bits per heavy atom. The quantitative estimate of drug-likeness (QED) is 0.426. The van der Waals surface area contributed by atoms with Crippen molar-refractivity contribution in [1.82, 2.24) is 0 Å². The summed E-state index contributed by atoms with van der Waals surface area (Å²) in [6, 6.07) is 0. The molecule has 0 aromatic heterocycles. The number of ether oxygens (including phenoxy) is 1. The molecule has 0 saturated carbocycles. The van der Waals surface area contributed by atoms with Crippen molar-refractivity contribution in [3.05, 3.63) is 6.92 Å². The molecule has 0 rings (SSSR count). The Morgan fingerprint density at radius 1 is 1.86 bits per heavy atom. The van der Waals surface area contributed by atoms with E-state index < -0.39 is 5.97 Å². The molecule has 0 aliphatic carbocycles. The SMILES string of the molecule is [CH2-]C(=O)OCC.[Y]. The fraction of sp³-hybridized carbons (Fsp3) is 0.500. The van der Waals surface area contributed by atoms with Gasteiger partial charge in [-0.15, -0.1) is 0 Å². The Kier molecular flexibility index (Phi) is 9.60. The van der Waals surface area contributed by atoms with E-state index >= 15 is 0 Å². The van der Waals surface area contributed by atoms with Gasteiger partial charge >= 0.3 is 0 Å². The summed E-state index contributed by atoms with van der Waals surface area (Å²) in [6.45, 7) is 5.13. The Labute approximate surface area is 68.5 Å². The van der Waals surface area contributed by atoms with E-state index in [4.69, 9.17) is 0 Å². The van der Waals surface area contributed by atoms with Crippen LogP contribution in [0.15, 0.2) is 0 Å². The smallest absolute Gasteiger partial charge is 0.164 e. The van der Waals surface area contributed by atoms with Crippen LogP contribution in [0.1, 0.15) is 6.92 Å². The van der Waals surface area contributed by atoms with Gasteiger partial charge in [-0.3, -0.25) is 11.7 Å². The summed E-state index contributed by atoms with van der Waals surface area (Å²) in [7, 11) is 0. The zero-order valence-corrected chi connectivity index (χ0v) is 7.15. The maximum Gasteiger partial charge on any atom is 0.164 e. The molecule has 3 heteroatoms. The monoisotopic (exact) mass is 176 g/mol. The van der Waals surface area contributed by atoms with E-state index in [1.807, 2.05) is 0 Å². The molecule has 0 atom stereocenters. The molecule has 1 radical (unpaired) electrons. The number of hydrogen-bond acceptors (Lipinski definition) is 2. The van der Waals surface area contributed by atoms with Gasteiger partial charge in [-0.1, -0.05) is 0 Å². The third-order valence-corrected chi connectivity index (χ3v) is 0.305. The molecule has 0 amide bonds. The molecule has 0 fully saturated rings. The first kappa shape index (κ1) is 10.4. The van der Waals surface area contributed by atoms with Gasteiger partial charge in [-0.05, 0) is 6.92 Å². The van der Waals surface area contributed by atoms with Crippen molar-refractivity contribution in [3.8, 4) is 0 Å². The minimum atomic E-state index is -0.461. The molecule has 0 heterocycles. The fourth-order valence-electron chi connectivity index (χ4n) is 0.161. The summed E-state index contributed by atoms with van der Waals surface area (Å²) in [5, 5.41) is 0. The third kappa shape index (κ3) is 10.7. The first-order chi connectivity index (χ1) is 2.77. The van der Waals surface area contributed by atoms with Gasteiger partial charge in [0.2, 0.25) is 0 Å². The number of rotatable bonds is 1. The van der Waals surface area contributed by atoms with Crippen molar-refractivity contribution in [2.24, 2.45) is 0 Å². The van der Waals surface area contributed by atoms with E-state index in [1.165, 1.54) is 0 Å². The number of carbonyl (C=O) groups is 1. The van der Waals surface area contributed by atoms with Crippen LogP contribution in [0.5, 0.6) is 0 Å². The molecule has 2 nitrogen and oxygen atoms in total. The van der Waals surface area contributed by atoms with Crippen molar-refractivity contribution in [3.63, 3.8) is 0 Å². The summed E-state index contributed by atoms with van der Waals surface area (Å²) in [5.74, 6) is -0.461. The topological polar surface area (TPSA) is 26.3 Å². The maximum atomic E-state index is 9.71. The standard InChI is InChI=1S/C4H7O2.Y/c1-3-6-4(2)5;/h2-3H2,1H3;/q-1;. The van der Waals surface area contributed by atoms with E-state index in [1.54, 1.807) is 6.92 Å². The van der Waals surface area contributed by atoms with E-state index in [2.05, 4.69) is 11.7 Å². The minimum Gasteiger partial charge on any atom is -0.489 e. The molecular weight excluding hydrogens is 169 g/mol. The molecule has 0 aliphatic heterocycles. The first-order valence-corrected chi connectivity index (χ1v) is 1.76. The van der Waals surface area contributed by atoms with Crippen molar-refractivity contribution in [1.29, 1.82) is 0 Å². The minimum absolute atomic E-state index is 0. The van der Waals surface area contributed by atoms with Gasteiger partial charge in [-0.25, -0.2) is 0 Å². The van der Waals surface area contributed by atoms with Gasteiger partial charge in [0.25, 0.3) is 0 Å². The van der Waals surface area contributed by atoms with Gasteiger partial charge in [0.1, 0.15) is 0 Å². The normalized spacial score (nSPS) is 6.43. The van der Waals surface area contributed by atoms with Crippen LogP contribution in [0, 0.1) is 6.92 Å². The van der Waals surface area contributed by atoms with Gasteiger partial charge in [0.15, 0.2) is 5.97 Å². The average molecular weight is 176 g/mol. The van der Waals surface area contributed by atoms with E-state index in [9.17, 15) is 4.79 Å². The Hall–Kier alpha value is 0.444. The zero-order valence-electron chi connectivity index (χ0n) is 4.31. The van der Waals surface area contributed by atoms with Crippen LogP contribution < -0.4 is 0 Å². The van der Waals surface area contributed by atoms with Crippen molar-refractivity contribution in [2.45, 2.75) is 6.92 Å². The third-order valence-electron chi connectivity index (χ3n) is 0.305. The van der Waals surface area contributed by atoms with Crippen LogP contribution in [0.3, 0.4) is 0 Å². The summed E-state index contributed by atoms with van der Waals surface area (Å²) in [6.07, 6.45) is 0. The number of esters is 1. The molecule has 0 saturated heterocycles.